The Morgan fingerprint density at radius 3 is 2.78 bits per heavy atom. The molecule has 0 aliphatic heterocycles. The summed E-state index contributed by atoms with van der Waals surface area (Å²) in [5, 5.41) is 3.00. The molecule has 0 atom stereocenters. The van der Waals surface area contributed by atoms with Crippen LogP contribution in [-0.4, -0.2) is 18.0 Å². The molecule has 0 saturated heterocycles. The van der Waals surface area contributed by atoms with Crippen LogP contribution in [0.4, 0.5) is 5.82 Å². The quantitative estimate of drug-likeness (QED) is 0.925. The van der Waals surface area contributed by atoms with Gasteiger partial charge in [0.2, 0.25) is 0 Å². The molecule has 92 valence electrons. The van der Waals surface area contributed by atoms with Crippen LogP contribution >= 0.6 is 11.6 Å². The highest BCUT2D eigenvalue weighted by Crippen LogP contribution is 2.22. The summed E-state index contributed by atoms with van der Waals surface area (Å²) in [5.74, 6) is 0.783. The minimum Gasteiger partial charge on any atom is -0.497 e. The molecule has 18 heavy (non-hydrogen) atoms. The van der Waals surface area contributed by atoms with Gasteiger partial charge in [-0.3, -0.25) is 4.79 Å². The fourth-order valence-electron chi connectivity index (χ4n) is 1.43. The second-order valence-corrected chi connectivity index (χ2v) is 3.92. The standard InChI is InChI=1S/C13H11ClN2O2/c1-18-9-5-6-10(11(14)8-9)13(17)16-12-4-2-3-7-15-12/h2-8H,1H3,(H,15,16,17). The number of methoxy groups -OCH3 is 1. The summed E-state index contributed by atoms with van der Waals surface area (Å²) < 4.78 is 5.02. The third-order valence-corrected chi connectivity index (χ3v) is 2.64. The Labute approximate surface area is 110 Å². The Morgan fingerprint density at radius 2 is 2.17 bits per heavy atom. The Morgan fingerprint density at radius 1 is 1.33 bits per heavy atom. The largest absolute Gasteiger partial charge is 0.497 e. The van der Waals surface area contributed by atoms with E-state index in [1.165, 1.54) is 0 Å². The second-order valence-electron chi connectivity index (χ2n) is 3.51. The lowest BCUT2D eigenvalue weighted by Gasteiger charge is -2.07. The summed E-state index contributed by atoms with van der Waals surface area (Å²) in [6, 6.07) is 10.1. The number of anilines is 1. The molecular formula is C13H11ClN2O2. The van der Waals surface area contributed by atoms with Gasteiger partial charge in [-0.15, -0.1) is 0 Å². The maximum atomic E-state index is 12.0. The van der Waals surface area contributed by atoms with Crippen molar-refractivity contribution >= 4 is 23.3 Å². The van der Waals surface area contributed by atoms with Crippen molar-refractivity contribution in [3.63, 3.8) is 0 Å². The van der Waals surface area contributed by atoms with Gasteiger partial charge in [0, 0.05) is 6.20 Å². The van der Waals surface area contributed by atoms with Gasteiger partial charge in [-0.1, -0.05) is 17.7 Å². The number of nitrogens with zero attached hydrogens (tertiary/aromatic N) is 1. The zero-order chi connectivity index (χ0) is 13.0. The predicted octanol–water partition coefficient (Wildman–Crippen LogP) is 3.00. The second kappa shape index (κ2) is 5.51. The van der Waals surface area contributed by atoms with Gasteiger partial charge in [0.05, 0.1) is 17.7 Å². The number of carbonyl (C=O) groups excluding carboxylic acids is 1. The van der Waals surface area contributed by atoms with Gasteiger partial charge in [0.25, 0.3) is 5.91 Å². The van der Waals surface area contributed by atoms with Crippen molar-refractivity contribution in [3.05, 3.63) is 53.2 Å². The lowest BCUT2D eigenvalue weighted by Crippen LogP contribution is -2.13. The highest BCUT2D eigenvalue weighted by molar-refractivity contribution is 6.34. The van der Waals surface area contributed by atoms with E-state index in [4.69, 9.17) is 16.3 Å². The number of amides is 1. The van der Waals surface area contributed by atoms with E-state index in [-0.39, 0.29) is 5.91 Å². The minimum atomic E-state index is -0.304. The lowest BCUT2D eigenvalue weighted by atomic mass is 10.2. The molecule has 0 bridgehead atoms. The van der Waals surface area contributed by atoms with E-state index in [9.17, 15) is 4.79 Å². The molecule has 5 heteroatoms. The van der Waals surface area contributed by atoms with Crippen LogP contribution in [0.15, 0.2) is 42.6 Å². The van der Waals surface area contributed by atoms with Crippen LogP contribution in [0.3, 0.4) is 0 Å². The summed E-state index contributed by atoms with van der Waals surface area (Å²) in [5.41, 5.74) is 0.378. The van der Waals surface area contributed by atoms with Crippen LogP contribution in [0.2, 0.25) is 5.02 Å². The van der Waals surface area contributed by atoms with Crippen molar-refractivity contribution in [1.82, 2.24) is 4.98 Å². The number of hydrogen-bond acceptors (Lipinski definition) is 3. The number of halogens is 1. The van der Waals surface area contributed by atoms with E-state index in [1.807, 2.05) is 0 Å². The summed E-state index contributed by atoms with van der Waals surface area (Å²) in [6.07, 6.45) is 1.60. The number of nitrogens with one attached hydrogen (secondary N) is 1. The van der Waals surface area contributed by atoms with E-state index in [1.54, 1.807) is 49.7 Å². The average Bonchev–Trinajstić information content (AvgIpc) is 2.39. The van der Waals surface area contributed by atoms with Crippen LogP contribution in [0, 0.1) is 0 Å². The molecule has 0 radical (unpaired) electrons. The smallest absolute Gasteiger partial charge is 0.258 e. The van der Waals surface area contributed by atoms with Gasteiger partial charge in [0.15, 0.2) is 0 Å². The van der Waals surface area contributed by atoms with E-state index in [0.29, 0.717) is 22.2 Å². The molecule has 2 rings (SSSR count). The molecule has 1 aromatic heterocycles. The Bertz CT molecular complexity index is 558. The van der Waals surface area contributed by atoms with Crippen LogP contribution in [-0.2, 0) is 0 Å². The number of rotatable bonds is 3. The molecule has 1 N–H and O–H groups in total. The van der Waals surface area contributed by atoms with Gasteiger partial charge in [-0.25, -0.2) is 4.98 Å². The summed E-state index contributed by atoms with van der Waals surface area (Å²) in [6.45, 7) is 0. The molecule has 0 aliphatic rings. The van der Waals surface area contributed by atoms with E-state index < -0.39 is 0 Å². The summed E-state index contributed by atoms with van der Waals surface area (Å²) in [7, 11) is 1.54. The SMILES string of the molecule is COc1ccc(C(=O)Nc2ccccn2)c(Cl)c1. The number of benzene rings is 1. The number of pyridine rings is 1. The first kappa shape index (κ1) is 12.4. The molecular weight excluding hydrogens is 252 g/mol. The maximum Gasteiger partial charge on any atom is 0.258 e. The first-order valence-electron chi connectivity index (χ1n) is 5.26. The average molecular weight is 263 g/mol. The van der Waals surface area contributed by atoms with E-state index in [0.717, 1.165) is 0 Å². The van der Waals surface area contributed by atoms with Crippen molar-refractivity contribution in [3.8, 4) is 5.75 Å². The number of carbonyl (C=O) groups is 1. The number of hydrogen-bond donors (Lipinski definition) is 1. The van der Waals surface area contributed by atoms with Gasteiger partial charge in [0.1, 0.15) is 11.6 Å². The molecule has 0 unspecified atom stereocenters. The monoisotopic (exact) mass is 262 g/mol. The number of ether oxygens (including phenoxy) is 1. The van der Waals surface area contributed by atoms with Crippen LogP contribution in [0.25, 0.3) is 0 Å². The fraction of sp³-hybridized carbons (Fsp3) is 0.0769. The van der Waals surface area contributed by atoms with Crippen molar-refractivity contribution in [2.75, 3.05) is 12.4 Å². The molecule has 1 amide bonds. The molecule has 0 saturated carbocycles. The molecule has 0 aliphatic carbocycles. The zero-order valence-corrected chi connectivity index (χ0v) is 10.4. The highest BCUT2D eigenvalue weighted by atomic mass is 35.5. The van der Waals surface area contributed by atoms with Crippen molar-refractivity contribution < 1.29 is 9.53 Å². The van der Waals surface area contributed by atoms with Gasteiger partial charge in [-0.05, 0) is 30.3 Å². The van der Waals surface area contributed by atoms with Crippen LogP contribution in [0.1, 0.15) is 10.4 Å². The van der Waals surface area contributed by atoms with Crippen molar-refractivity contribution in [2.24, 2.45) is 0 Å². The van der Waals surface area contributed by atoms with Crippen molar-refractivity contribution in [1.29, 1.82) is 0 Å². The molecule has 1 aromatic carbocycles. The Hall–Kier alpha value is -2.07. The predicted molar refractivity (Wildman–Crippen MR) is 70.2 cm³/mol. The molecule has 0 fully saturated rings. The van der Waals surface area contributed by atoms with E-state index in [2.05, 4.69) is 10.3 Å². The summed E-state index contributed by atoms with van der Waals surface area (Å²) >= 11 is 6.01. The topological polar surface area (TPSA) is 51.2 Å². The zero-order valence-electron chi connectivity index (χ0n) is 9.68. The first-order valence-corrected chi connectivity index (χ1v) is 5.64. The molecule has 1 heterocycles. The van der Waals surface area contributed by atoms with Gasteiger partial charge >= 0.3 is 0 Å². The Kier molecular flexibility index (Phi) is 3.79. The van der Waals surface area contributed by atoms with Gasteiger partial charge < -0.3 is 10.1 Å². The Balaban J connectivity index is 2.19. The first-order chi connectivity index (χ1) is 8.70. The number of aromatic nitrogens is 1. The van der Waals surface area contributed by atoms with Crippen LogP contribution in [0.5, 0.6) is 5.75 Å². The third-order valence-electron chi connectivity index (χ3n) is 2.33. The highest BCUT2D eigenvalue weighted by Gasteiger charge is 2.11. The third kappa shape index (κ3) is 2.78. The maximum absolute atomic E-state index is 12.0. The molecule has 0 spiro atoms. The fourth-order valence-corrected chi connectivity index (χ4v) is 1.68. The molecule has 2 aromatic rings. The van der Waals surface area contributed by atoms with E-state index >= 15 is 0 Å². The minimum absolute atomic E-state index is 0.304. The normalized spacial score (nSPS) is 9.89. The van der Waals surface area contributed by atoms with Gasteiger partial charge in [-0.2, -0.15) is 0 Å². The molecule has 4 nitrogen and oxygen atoms in total. The summed E-state index contributed by atoms with van der Waals surface area (Å²) in [4.78, 5) is 16.0. The van der Waals surface area contributed by atoms with Crippen molar-refractivity contribution in [2.45, 2.75) is 0 Å². The lowest BCUT2D eigenvalue weighted by molar-refractivity contribution is 0.102. The van der Waals surface area contributed by atoms with Crippen LogP contribution < -0.4 is 10.1 Å².